The molecule has 3 N–H and O–H groups in total. The molecule has 4 aliphatic rings. The Labute approximate surface area is 173 Å². The number of carbonyl (C=O) groups excluding carboxylic acids is 2. The summed E-state index contributed by atoms with van der Waals surface area (Å²) in [6.07, 6.45) is 5.26. The highest BCUT2D eigenvalue weighted by Gasteiger charge is 2.68. The van der Waals surface area contributed by atoms with Crippen LogP contribution < -0.4 is 0 Å². The molecular weight excluding hydrogens is 372 g/mol. The monoisotopic (exact) mass is 408 g/mol. The Hall–Kier alpha value is -0.980. The van der Waals surface area contributed by atoms with Crippen LogP contribution in [0.15, 0.2) is 0 Å². The van der Waals surface area contributed by atoms with Crippen LogP contribution in [0, 0.1) is 34.5 Å². The SMILES string of the molecule is CC(=O)OCC(=O)[C@@]1(O)CC[C@H]2[C@@H]3CC[C@H]4C[C@@H](O)CC[C@]4(C)[C@H]3[C@H](O)C[C@@]21C. The van der Waals surface area contributed by atoms with E-state index in [1.54, 1.807) is 0 Å². The van der Waals surface area contributed by atoms with Crippen molar-refractivity contribution in [3.8, 4) is 0 Å². The molecule has 0 unspecified atom stereocenters. The van der Waals surface area contributed by atoms with Crippen molar-refractivity contribution >= 4 is 11.8 Å². The van der Waals surface area contributed by atoms with Gasteiger partial charge in [-0.25, -0.2) is 0 Å². The van der Waals surface area contributed by atoms with Crippen LogP contribution in [0.2, 0.25) is 0 Å². The number of hydrogen-bond acceptors (Lipinski definition) is 6. The molecule has 4 fully saturated rings. The average Bonchev–Trinajstić information content (AvgIpc) is 2.91. The third-order valence-corrected chi connectivity index (χ3v) is 9.59. The lowest BCUT2D eigenvalue weighted by atomic mass is 9.43. The second-order valence-electron chi connectivity index (χ2n) is 10.8. The van der Waals surface area contributed by atoms with E-state index in [-0.39, 0.29) is 29.3 Å². The van der Waals surface area contributed by atoms with Crippen molar-refractivity contribution in [3.63, 3.8) is 0 Å². The molecule has 0 radical (unpaired) electrons. The predicted octanol–water partition coefficient (Wildman–Crippen LogP) is 2.22. The van der Waals surface area contributed by atoms with Crippen LogP contribution in [0.3, 0.4) is 0 Å². The molecule has 0 aromatic heterocycles. The summed E-state index contributed by atoms with van der Waals surface area (Å²) in [5.41, 5.74) is -2.26. The summed E-state index contributed by atoms with van der Waals surface area (Å²) in [4.78, 5) is 24.0. The average molecular weight is 409 g/mol. The van der Waals surface area contributed by atoms with Gasteiger partial charge in [0, 0.05) is 12.3 Å². The predicted molar refractivity (Wildman–Crippen MR) is 106 cm³/mol. The van der Waals surface area contributed by atoms with Gasteiger partial charge in [-0.3, -0.25) is 9.59 Å². The molecule has 0 amide bonds. The third kappa shape index (κ3) is 3.01. The molecule has 4 aliphatic carbocycles. The molecule has 6 heteroatoms. The Morgan fingerprint density at radius 2 is 1.79 bits per heavy atom. The molecule has 29 heavy (non-hydrogen) atoms. The minimum atomic E-state index is -1.56. The number of rotatable bonds is 3. The number of aliphatic hydroxyl groups is 3. The number of carbonyl (C=O) groups is 2. The number of Topliss-reactive ketones (excluding diaryl/α,β-unsaturated/α-hetero) is 1. The number of esters is 1. The van der Waals surface area contributed by atoms with E-state index in [1.165, 1.54) is 6.92 Å². The Balaban J connectivity index is 1.62. The van der Waals surface area contributed by atoms with Crippen LogP contribution in [0.25, 0.3) is 0 Å². The number of hydrogen-bond donors (Lipinski definition) is 3. The zero-order valence-corrected chi connectivity index (χ0v) is 17.9. The maximum Gasteiger partial charge on any atom is 0.303 e. The third-order valence-electron chi connectivity index (χ3n) is 9.59. The molecule has 0 aliphatic heterocycles. The molecule has 4 saturated carbocycles. The second-order valence-corrected chi connectivity index (χ2v) is 10.8. The molecule has 164 valence electrons. The number of aliphatic hydroxyl groups excluding tert-OH is 2. The molecule has 4 rings (SSSR count). The van der Waals surface area contributed by atoms with E-state index in [2.05, 4.69) is 6.92 Å². The van der Waals surface area contributed by atoms with Gasteiger partial charge in [0.2, 0.25) is 5.78 Å². The summed E-state index contributed by atoms with van der Waals surface area (Å²) in [6, 6.07) is 0. The Morgan fingerprint density at radius 1 is 1.07 bits per heavy atom. The molecule has 0 spiro atoms. The molecule has 0 aromatic carbocycles. The van der Waals surface area contributed by atoms with Crippen molar-refractivity contribution in [2.75, 3.05) is 6.61 Å². The van der Waals surface area contributed by atoms with Gasteiger partial charge in [0.25, 0.3) is 0 Å². The molecule has 6 nitrogen and oxygen atoms in total. The van der Waals surface area contributed by atoms with Gasteiger partial charge < -0.3 is 20.1 Å². The molecular formula is C23H36O6. The topological polar surface area (TPSA) is 104 Å². The normalized spacial score (nSPS) is 51.5. The molecule has 9 atom stereocenters. The van der Waals surface area contributed by atoms with E-state index in [0.717, 1.165) is 38.5 Å². The van der Waals surface area contributed by atoms with Crippen molar-refractivity contribution in [1.29, 1.82) is 0 Å². The number of ether oxygens (including phenoxy) is 1. The van der Waals surface area contributed by atoms with E-state index >= 15 is 0 Å². The maximum atomic E-state index is 12.9. The van der Waals surface area contributed by atoms with Gasteiger partial charge in [-0.2, -0.15) is 0 Å². The van der Waals surface area contributed by atoms with Crippen LogP contribution in [-0.4, -0.2) is 51.5 Å². The van der Waals surface area contributed by atoms with Crippen molar-refractivity contribution in [2.24, 2.45) is 34.5 Å². The van der Waals surface area contributed by atoms with Gasteiger partial charge in [-0.15, -0.1) is 0 Å². The molecule has 0 bridgehead atoms. The molecule has 0 saturated heterocycles. The summed E-state index contributed by atoms with van der Waals surface area (Å²) >= 11 is 0. The first-order chi connectivity index (χ1) is 13.5. The van der Waals surface area contributed by atoms with Gasteiger partial charge >= 0.3 is 5.97 Å². The lowest BCUT2D eigenvalue weighted by Crippen LogP contribution is -2.63. The Kier molecular flexibility index (Phi) is 5.15. The molecule has 0 aromatic rings. The lowest BCUT2D eigenvalue weighted by Gasteiger charge is -2.62. The van der Waals surface area contributed by atoms with Crippen molar-refractivity contribution in [1.82, 2.24) is 0 Å². The highest BCUT2D eigenvalue weighted by atomic mass is 16.5. The largest absolute Gasteiger partial charge is 0.458 e. The van der Waals surface area contributed by atoms with Gasteiger partial charge in [-0.1, -0.05) is 13.8 Å². The van der Waals surface area contributed by atoms with Crippen molar-refractivity contribution in [2.45, 2.75) is 89.9 Å². The lowest BCUT2D eigenvalue weighted by molar-refractivity contribution is -0.203. The molecule has 0 heterocycles. The summed E-state index contributed by atoms with van der Waals surface area (Å²) in [5, 5.41) is 33.0. The van der Waals surface area contributed by atoms with E-state index in [1.807, 2.05) is 6.92 Å². The van der Waals surface area contributed by atoms with Crippen LogP contribution in [0.5, 0.6) is 0 Å². The fraction of sp³-hybridized carbons (Fsp3) is 0.913. The van der Waals surface area contributed by atoms with Crippen LogP contribution in [0.1, 0.15) is 72.1 Å². The quantitative estimate of drug-likeness (QED) is 0.619. The van der Waals surface area contributed by atoms with Crippen LogP contribution in [0.4, 0.5) is 0 Å². The fourth-order valence-corrected chi connectivity index (χ4v) is 8.11. The first kappa shape index (κ1) is 21.3. The minimum Gasteiger partial charge on any atom is -0.458 e. The van der Waals surface area contributed by atoms with Crippen LogP contribution >= 0.6 is 0 Å². The minimum absolute atomic E-state index is 0.00531. The summed E-state index contributed by atoms with van der Waals surface area (Å²) < 4.78 is 4.90. The standard InChI is InChI=1S/C23H36O6/c1-13(24)29-12-19(27)23(28)9-7-17-16-5-4-14-10-15(25)6-8-21(14,2)20(16)18(26)11-22(17,23)3/h14-18,20,25-26,28H,4-12H2,1-3H3/t14-,15-,16-,17-,18+,20+,21-,22-,23-/m0/s1. The first-order valence-electron chi connectivity index (χ1n) is 11.3. The summed E-state index contributed by atoms with van der Waals surface area (Å²) in [7, 11) is 0. The summed E-state index contributed by atoms with van der Waals surface area (Å²) in [6.45, 7) is 5.09. The van der Waals surface area contributed by atoms with Crippen LogP contribution in [-0.2, 0) is 14.3 Å². The number of ketones is 1. The summed E-state index contributed by atoms with van der Waals surface area (Å²) in [5.74, 6) is 0.0536. The maximum absolute atomic E-state index is 12.9. The highest BCUT2D eigenvalue weighted by molar-refractivity contribution is 5.90. The second kappa shape index (κ2) is 7.03. The van der Waals surface area contributed by atoms with E-state index in [4.69, 9.17) is 4.74 Å². The van der Waals surface area contributed by atoms with Gasteiger partial charge in [0.15, 0.2) is 6.61 Å². The van der Waals surface area contributed by atoms with E-state index < -0.39 is 35.5 Å². The zero-order valence-electron chi connectivity index (χ0n) is 17.9. The first-order valence-corrected chi connectivity index (χ1v) is 11.3. The van der Waals surface area contributed by atoms with Gasteiger partial charge in [-0.05, 0) is 80.5 Å². The smallest absolute Gasteiger partial charge is 0.303 e. The van der Waals surface area contributed by atoms with E-state index in [9.17, 15) is 24.9 Å². The van der Waals surface area contributed by atoms with Crippen molar-refractivity contribution < 1.29 is 29.6 Å². The van der Waals surface area contributed by atoms with Gasteiger partial charge in [0.05, 0.1) is 12.2 Å². The fourth-order valence-electron chi connectivity index (χ4n) is 8.11. The van der Waals surface area contributed by atoms with Gasteiger partial charge in [0.1, 0.15) is 5.60 Å². The number of fused-ring (bicyclic) bond motifs is 5. The highest BCUT2D eigenvalue weighted by Crippen LogP contribution is 2.68. The Morgan fingerprint density at radius 3 is 2.48 bits per heavy atom. The van der Waals surface area contributed by atoms with Crippen molar-refractivity contribution in [3.05, 3.63) is 0 Å². The zero-order chi connectivity index (χ0) is 21.2. The van der Waals surface area contributed by atoms with E-state index in [0.29, 0.717) is 18.8 Å². The Bertz CT molecular complexity index is 693.